The van der Waals surface area contributed by atoms with Crippen LogP contribution >= 0.6 is 0 Å². The molecule has 6 aromatic carbocycles. The van der Waals surface area contributed by atoms with E-state index in [1.54, 1.807) is 6.20 Å². The van der Waals surface area contributed by atoms with Crippen molar-refractivity contribution in [2.75, 3.05) is 0 Å². The molecule has 0 amide bonds. The molecule has 1 N–H and O–H groups in total. The van der Waals surface area contributed by atoms with Crippen molar-refractivity contribution in [2.24, 2.45) is 0 Å². The van der Waals surface area contributed by atoms with E-state index in [2.05, 4.69) is 120 Å². The summed E-state index contributed by atoms with van der Waals surface area (Å²) in [7, 11) is 0. The fourth-order valence-electron chi connectivity index (χ4n) is 7.43. The van der Waals surface area contributed by atoms with Crippen LogP contribution in [0.5, 0.6) is 0 Å². The lowest BCUT2D eigenvalue weighted by atomic mass is 9.93. The Balaban J connectivity index is 0.969. The molecule has 0 saturated heterocycles. The Labute approximate surface area is 337 Å². The summed E-state index contributed by atoms with van der Waals surface area (Å²) in [4.78, 5) is 24.5. The largest absolute Gasteiger partial charge is 0.378 e. The van der Waals surface area contributed by atoms with E-state index < -0.39 is 0 Å². The maximum atomic E-state index is 5.03. The molecular formula is C52H36N6. The van der Waals surface area contributed by atoms with Crippen LogP contribution in [0.4, 0.5) is 0 Å². The highest BCUT2D eigenvalue weighted by Crippen LogP contribution is 2.35. The van der Waals surface area contributed by atoms with Gasteiger partial charge in [-0.2, -0.15) is 0 Å². The van der Waals surface area contributed by atoms with E-state index in [-0.39, 0.29) is 6.04 Å². The van der Waals surface area contributed by atoms with Crippen LogP contribution in [0.1, 0.15) is 11.9 Å². The predicted molar refractivity (Wildman–Crippen MR) is 235 cm³/mol. The molecule has 0 saturated carbocycles. The minimum atomic E-state index is -0.0977. The lowest BCUT2D eigenvalue weighted by Gasteiger charge is -2.17. The second kappa shape index (κ2) is 15.4. The smallest absolute Gasteiger partial charge is 0.160 e. The van der Waals surface area contributed by atoms with Gasteiger partial charge in [-0.1, -0.05) is 158 Å². The van der Waals surface area contributed by atoms with E-state index in [1.807, 2.05) is 91.1 Å². The lowest BCUT2D eigenvalue weighted by Crippen LogP contribution is -2.18. The zero-order valence-electron chi connectivity index (χ0n) is 31.4. The lowest BCUT2D eigenvalue weighted by molar-refractivity contribution is 0.693. The molecule has 3 aromatic heterocycles. The van der Waals surface area contributed by atoms with Gasteiger partial charge in [-0.05, 0) is 75.6 Å². The maximum absolute atomic E-state index is 5.03. The Morgan fingerprint density at radius 1 is 0.397 bits per heavy atom. The number of rotatable bonds is 8. The van der Waals surface area contributed by atoms with Crippen molar-refractivity contribution in [3.8, 4) is 78.8 Å². The third-order valence-corrected chi connectivity index (χ3v) is 10.5. The summed E-state index contributed by atoms with van der Waals surface area (Å²) in [5.41, 5.74) is 12.9. The first kappa shape index (κ1) is 34.6. The molecule has 1 aliphatic heterocycles. The predicted octanol–water partition coefficient (Wildman–Crippen LogP) is 12.2. The molecule has 10 rings (SSSR count). The van der Waals surface area contributed by atoms with Gasteiger partial charge >= 0.3 is 0 Å². The molecule has 4 heterocycles. The minimum Gasteiger partial charge on any atom is -0.378 e. The highest BCUT2D eigenvalue weighted by atomic mass is 15.0. The van der Waals surface area contributed by atoms with Crippen molar-refractivity contribution in [1.29, 1.82) is 0 Å². The highest BCUT2D eigenvalue weighted by Gasteiger charge is 2.17. The maximum Gasteiger partial charge on any atom is 0.160 e. The molecule has 0 bridgehead atoms. The van der Waals surface area contributed by atoms with Crippen molar-refractivity contribution in [3.05, 3.63) is 212 Å². The van der Waals surface area contributed by atoms with Crippen molar-refractivity contribution in [3.63, 3.8) is 0 Å². The Morgan fingerprint density at radius 3 is 1.69 bits per heavy atom. The van der Waals surface area contributed by atoms with Crippen molar-refractivity contribution >= 4 is 10.8 Å². The second-order valence-corrected chi connectivity index (χ2v) is 14.2. The molecular weight excluding hydrogens is 709 g/mol. The minimum absolute atomic E-state index is 0.0977. The fourth-order valence-corrected chi connectivity index (χ4v) is 7.43. The molecule has 0 fully saturated rings. The van der Waals surface area contributed by atoms with Crippen LogP contribution in [-0.2, 0) is 0 Å². The van der Waals surface area contributed by atoms with E-state index in [0.29, 0.717) is 5.82 Å². The van der Waals surface area contributed by atoms with Gasteiger partial charge < -0.3 is 5.32 Å². The Kier molecular flexibility index (Phi) is 9.18. The third-order valence-electron chi connectivity index (χ3n) is 10.5. The molecule has 0 radical (unpaired) electrons. The quantitative estimate of drug-likeness (QED) is 0.167. The van der Waals surface area contributed by atoms with Crippen LogP contribution in [-0.4, -0.2) is 24.9 Å². The van der Waals surface area contributed by atoms with Gasteiger partial charge in [-0.25, -0.2) is 19.9 Å². The zero-order chi connectivity index (χ0) is 38.7. The number of nitrogens with one attached hydrogen (secondary N) is 1. The van der Waals surface area contributed by atoms with E-state index >= 15 is 0 Å². The van der Waals surface area contributed by atoms with Crippen LogP contribution in [0.25, 0.3) is 89.6 Å². The fraction of sp³-hybridized carbons (Fsp3) is 0.0192. The first-order valence-corrected chi connectivity index (χ1v) is 19.4. The molecule has 58 heavy (non-hydrogen) atoms. The van der Waals surface area contributed by atoms with Gasteiger partial charge in [0.05, 0.1) is 28.5 Å². The number of pyridine rings is 1. The standard InChI is InChI=1S/C52H36N6/c1-3-12-38(13-4-1)47-33-48(57-52(56-47)46-19-8-10-31-54-46)39-25-20-35(21-26-39)42-29-24-36-16-11-17-43(44(36)32-42)37-22-27-40(28-23-37)49-34-50(45-18-7-9-30-53-45)58-51(55-49)41-14-5-2-6-15-41/h1-34,46,54H. The summed E-state index contributed by atoms with van der Waals surface area (Å²) in [5.74, 6) is 1.40. The second-order valence-electron chi connectivity index (χ2n) is 14.2. The summed E-state index contributed by atoms with van der Waals surface area (Å²) >= 11 is 0. The van der Waals surface area contributed by atoms with Gasteiger partial charge in [-0.3, -0.25) is 4.98 Å². The monoisotopic (exact) mass is 744 g/mol. The topological polar surface area (TPSA) is 76.5 Å². The van der Waals surface area contributed by atoms with E-state index in [4.69, 9.17) is 19.9 Å². The normalized spacial score (nSPS) is 13.3. The van der Waals surface area contributed by atoms with E-state index in [0.717, 1.165) is 73.2 Å². The molecule has 0 aliphatic carbocycles. The number of fused-ring (bicyclic) bond motifs is 1. The van der Waals surface area contributed by atoms with Crippen LogP contribution in [0.15, 0.2) is 207 Å². The summed E-state index contributed by atoms with van der Waals surface area (Å²) < 4.78 is 0. The average Bonchev–Trinajstić information content (AvgIpc) is 3.32. The number of allylic oxidation sites excluding steroid dienone is 2. The number of nitrogens with zero attached hydrogens (tertiary/aromatic N) is 5. The molecule has 1 unspecified atom stereocenters. The summed E-state index contributed by atoms with van der Waals surface area (Å²) in [5, 5.41) is 5.76. The van der Waals surface area contributed by atoms with Crippen molar-refractivity contribution < 1.29 is 0 Å². The third kappa shape index (κ3) is 7.06. The number of hydrogen-bond acceptors (Lipinski definition) is 6. The SMILES string of the molecule is C1=CNC(c2nc(-c3ccccc3)cc(-c3ccc(-c4ccc5cccc(-c6ccc(-c7cc(-c8ccccn8)nc(-c8ccccc8)n7)cc6)c5c4)cc3)n2)C=C1. The first-order valence-electron chi connectivity index (χ1n) is 19.4. The van der Waals surface area contributed by atoms with E-state index in [9.17, 15) is 0 Å². The van der Waals surface area contributed by atoms with Crippen LogP contribution in [0, 0.1) is 0 Å². The molecule has 274 valence electrons. The van der Waals surface area contributed by atoms with Gasteiger partial charge in [0.25, 0.3) is 0 Å². The Bertz CT molecular complexity index is 2890. The molecule has 1 atom stereocenters. The Hall–Kier alpha value is -7.83. The average molecular weight is 745 g/mol. The van der Waals surface area contributed by atoms with Gasteiger partial charge in [0, 0.05) is 28.5 Å². The number of hydrogen-bond donors (Lipinski definition) is 1. The summed E-state index contributed by atoms with van der Waals surface area (Å²) in [6.45, 7) is 0. The van der Waals surface area contributed by atoms with Gasteiger partial charge in [0.2, 0.25) is 0 Å². The number of benzene rings is 6. The van der Waals surface area contributed by atoms with Crippen LogP contribution in [0.2, 0.25) is 0 Å². The number of aromatic nitrogens is 5. The Morgan fingerprint density at radius 2 is 1.00 bits per heavy atom. The molecule has 0 spiro atoms. The van der Waals surface area contributed by atoms with E-state index in [1.165, 1.54) is 16.3 Å². The molecule has 6 nitrogen and oxygen atoms in total. The molecule has 9 aromatic rings. The van der Waals surface area contributed by atoms with Crippen molar-refractivity contribution in [2.45, 2.75) is 6.04 Å². The summed E-state index contributed by atoms with van der Waals surface area (Å²) in [6.07, 6.45) is 9.81. The summed E-state index contributed by atoms with van der Waals surface area (Å²) in [6, 6.07) is 60.8. The number of dihydropyridines is 1. The van der Waals surface area contributed by atoms with Crippen LogP contribution < -0.4 is 5.32 Å². The first-order chi connectivity index (χ1) is 28.7. The molecule has 6 heteroatoms. The van der Waals surface area contributed by atoms with Crippen LogP contribution in [0.3, 0.4) is 0 Å². The van der Waals surface area contributed by atoms with Gasteiger partial charge in [0.1, 0.15) is 6.04 Å². The van der Waals surface area contributed by atoms with Crippen molar-refractivity contribution in [1.82, 2.24) is 30.2 Å². The zero-order valence-corrected chi connectivity index (χ0v) is 31.4. The van der Waals surface area contributed by atoms with Gasteiger partial charge in [-0.15, -0.1) is 0 Å². The van der Waals surface area contributed by atoms with Gasteiger partial charge in [0.15, 0.2) is 11.6 Å². The highest BCUT2D eigenvalue weighted by molar-refractivity contribution is 5.99. The molecule has 1 aliphatic rings.